The summed E-state index contributed by atoms with van der Waals surface area (Å²) in [5.74, 6) is 0. The van der Waals surface area contributed by atoms with Gasteiger partial charge in [-0.1, -0.05) is 96.1 Å². The molecule has 0 aliphatic carbocycles. The second-order valence-electron chi connectivity index (χ2n) is 16.0. The molecule has 0 atom stereocenters. The quantitative estimate of drug-likeness (QED) is 0.183. The Morgan fingerprint density at radius 3 is 1.41 bits per heavy atom. The van der Waals surface area contributed by atoms with Crippen LogP contribution < -0.4 is 0 Å². The zero-order valence-electron chi connectivity index (χ0n) is 30.9. The van der Waals surface area contributed by atoms with E-state index in [-0.39, 0.29) is 33.1 Å². The highest BCUT2D eigenvalue weighted by molar-refractivity contribution is 6.12. The van der Waals surface area contributed by atoms with Gasteiger partial charge in [-0.3, -0.25) is 0 Å². The lowest BCUT2D eigenvalue weighted by molar-refractivity contribution is -0.137. The van der Waals surface area contributed by atoms with Crippen molar-refractivity contribution < 1.29 is 13.2 Å². The molecule has 0 radical (unpaired) electrons. The van der Waals surface area contributed by atoms with E-state index in [0.717, 1.165) is 60.8 Å². The minimum atomic E-state index is -4.78. The van der Waals surface area contributed by atoms with E-state index >= 15 is 0 Å². The van der Waals surface area contributed by atoms with E-state index in [1.165, 1.54) is 12.1 Å². The molecule has 2 heterocycles. The number of aromatic nitrogens is 2. The minimum absolute atomic E-state index is 0.0231. The third-order valence-electron chi connectivity index (χ3n) is 10.6. The molecule has 6 aromatic carbocycles. The van der Waals surface area contributed by atoms with Crippen LogP contribution in [0.25, 0.3) is 66.1 Å². The SMILES string of the molecule is CC(C)(C)c1ccc2c(c1)c1ccccc1n2-c1cc(C#N)c(-c2c(C#N)cccc2C(F)(F)F)cc1-n1c2ccccc2c2cc(C(C)(C)C)ccc21. The van der Waals surface area contributed by atoms with Gasteiger partial charge in [-0.25, -0.2) is 0 Å². The normalized spacial score (nSPS) is 12.5. The van der Waals surface area contributed by atoms with E-state index in [2.05, 4.69) is 105 Å². The average molecular weight is 715 g/mol. The van der Waals surface area contributed by atoms with Gasteiger partial charge < -0.3 is 9.13 Å². The molecule has 7 heteroatoms. The maximum Gasteiger partial charge on any atom is 0.417 e. The lowest BCUT2D eigenvalue weighted by atomic mass is 9.86. The van der Waals surface area contributed by atoms with Crippen molar-refractivity contribution in [2.45, 2.75) is 58.5 Å². The molecule has 0 bridgehead atoms. The second-order valence-corrected chi connectivity index (χ2v) is 16.0. The standard InChI is InChI=1S/C47H37F3N4/c1-45(2,3)30-18-20-40-35(23-30)32-13-7-9-16-38(32)53(40)42-22-29(27-52)34(44-28(26-51)12-11-15-37(44)47(48,49)50)25-43(42)54-39-17-10-8-14-33(39)36-24-31(46(4,5)6)19-21-41(36)54/h7-25H,1-6H3. The van der Waals surface area contributed by atoms with Gasteiger partial charge in [0.1, 0.15) is 0 Å². The third-order valence-corrected chi connectivity index (χ3v) is 10.6. The number of rotatable bonds is 3. The number of benzene rings is 6. The van der Waals surface area contributed by atoms with Crippen LogP contribution >= 0.6 is 0 Å². The van der Waals surface area contributed by atoms with E-state index in [9.17, 15) is 23.7 Å². The fourth-order valence-electron chi connectivity index (χ4n) is 7.80. The van der Waals surface area contributed by atoms with Crippen molar-refractivity contribution >= 4 is 43.6 Å². The first kappa shape index (κ1) is 34.8. The minimum Gasteiger partial charge on any atom is -0.307 e. The molecule has 8 rings (SSSR count). The van der Waals surface area contributed by atoms with Gasteiger partial charge in [-0.05, 0) is 82.6 Å². The van der Waals surface area contributed by atoms with Crippen molar-refractivity contribution in [1.29, 1.82) is 10.5 Å². The monoisotopic (exact) mass is 714 g/mol. The molecule has 266 valence electrons. The molecule has 0 N–H and O–H groups in total. The van der Waals surface area contributed by atoms with Crippen LogP contribution in [0.2, 0.25) is 0 Å². The molecule has 0 saturated carbocycles. The van der Waals surface area contributed by atoms with Crippen LogP contribution in [0.5, 0.6) is 0 Å². The van der Waals surface area contributed by atoms with Gasteiger partial charge in [0.15, 0.2) is 0 Å². The predicted octanol–water partition coefficient (Wildman–Crippen LogP) is 12.9. The Kier molecular flexibility index (Phi) is 7.80. The zero-order chi connectivity index (χ0) is 38.3. The summed E-state index contributed by atoms with van der Waals surface area (Å²) in [5, 5.41) is 25.0. The fourth-order valence-corrected chi connectivity index (χ4v) is 7.80. The molecule has 4 nitrogen and oxygen atoms in total. The smallest absolute Gasteiger partial charge is 0.307 e. The summed E-state index contributed by atoms with van der Waals surface area (Å²) < 4.78 is 48.5. The van der Waals surface area contributed by atoms with E-state index < -0.39 is 11.7 Å². The van der Waals surface area contributed by atoms with Crippen LogP contribution in [0.3, 0.4) is 0 Å². The van der Waals surface area contributed by atoms with Crippen LogP contribution in [-0.4, -0.2) is 9.13 Å². The first-order chi connectivity index (χ1) is 25.6. The predicted molar refractivity (Wildman–Crippen MR) is 212 cm³/mol. The van der Waals surface area contributed by atoms with Crippen LogP contribution in [-0.2, 0) is 17.0 Å². The van der Waals surface area contributed by atoms with Gasteiger partial charge in [0, 0.05) is 32.7 Å². The summed E-state index contributed by atoms with van der Waals surface area (Å²) in [6.07, 6.45) is -4.78. The van der Waals surface area contributed by atoms with Gasteiger partial charge in [-0.15, -0.1) is 0 Å². The van der Waals surface area contributed by atoms with Gasteiger partial charge in [-0.2, -0.15) is 23.7 Å². The molecule has 2 aromatic heterocycles. The van der Waals surface area contributed by atoms with E-state index in [4.69, 9.17) is 0 Å². The van der Waals surface area contributed by atoms with Crippen molar-refractivity contribution in [2.75, 3.05) is 0 Å². The van der Waals surface area contributed by atoms with Crippen molar-refractivity contribution in [3.8, 4) is 34.6 Å². The number of halogens is 3. The number of hydrogen-bond acceptors (Lipinski definition) is 2. The van der Waals surface area contributed by atoms with Crippen molar-refractivity contribution in [1.82, 2.24) is 9.13 Å². The Balaban J connectivity index is 1.59. The molecule has 0 spiro atoms. The summed E-state index contributed by atoms with van der Waals surface area (Å²) in [7, 11) is 0. The highest BCUT2D eigenvalue weighted by Gasteiger charge is 2.36. The zero-order valence-corrected chi connectivity index (χ0v) is 30.9. The molecule has 54 heavy (non-hydrogen) atoms. The van der Waals surface area contributed by atoms with E-state index in [0.29, 0.717) is 11.4 Å². The number of para-hydroxylation sites is 2. The molecular weight excluding hydrogens is 678 g/mol. The molecule has 0 fully saturated rings. The molecule has 0 unspecified atom stereocenters. The van der Waals surface area contributed by atoms with Crippen molar-refractivity contribution in [3.63, 3.8) is 0 Å². The number of nitriles is 2. The van der Waals surface area contributed by atoms with E-state index in [1.54, 1.807) is 12.1 Å². The number of hydrogen-bond donors (Lipinski definition) is 0. The average Bonchev–Trinajstić information content (AvgIpc) is 3.65. The topological polar surface area (TPSA) is 57.4 Å². The fraction of sp³-hybridized carbons (Fsp3) is 0.191. The van der Waals surface area contributed by atoms with Gasteiger partial charge in [0.25, 0.3) is 0 Å². The number of alkyl halides is 3. The lowest BCUT2D eigenvalue weighted by Gasteiger charge is -2.22. The Hall–Kier alpha value is -6.31. The summed E-state index contributed by atoms with van der Waals surface area (Å²) in [6.45, 7) is 13.0. The third kappa shape index (κ3) is 5.43. The largest absolute Gasteiger partial charge is 0.417 e. The molecule has 0 saturated heterocycles. The van der Waals surface area contributed by atoms with Gasteiger partial charge in [0.2, 0.25) is 0 Å². The second kappa shape index (κ2) is 12.1. The lowest BCUT2D eigenvalue weighted by Crippen LogP contribution is -2.11. The van der Waals surface area contributed by atoms with Crippen LogP contribution in [0.15, 0.2) is 115 Å². The molecule has 0 aliphatic heterocycles. The summed E-state index contributed by atoms with van der Waals surface area (Å²) in [4.78, 5) is 0. The van der Waals surface area contributed by atoms with Crippen LogP contribution in [0.4, 0.5) is 13.2 Å². The maximum absolute atomic E-state index is 14.8. The Morgan fingerprint density at radius 2 is 0.944 bits per heavy atom. The van der Waals surface area contributed by atoms with Crippen molar-refractivity contribution in [3.05, 3.63) is 143 Å². The summed E-state index contributed by atoms with van der Waals surface area (Å²) in [6, 6.07) is 40.0. The maximum atomic E-state index is 14.8. The van der Waals surface area contributed by atoms with Gasteiger partial charge in [0.05, 0.1) is 62.3 Å². The Morgan fingerprint density at radius 1 is 0.481 bits per heavy atom. The van der Waals surface area contributed by atoms with Gasteiger partial charge >= 0.3 is 6.18 Å². The Labute approximate surface area is 311 Å². The summed E-state index contributed by atoms with van der Waals surface area (Å²) >= 11 is 0. The molecule has 0 amide bonds. The van der Waals surface area contributed by atoms with Crippen LogP contribution in [0, 0.1) is 22.7 Å². The molecule has 8 aromatic rings. The number of nitrogens with zero attached hydrogens (tertiary/aromatic N) is 4. The van der Waals surface area contributed by atoms with Crippen LogP contribution in [0.1, 0.15) is 69.4 Å². The molecule has 0 aliphatic rings. The highest BCUT2D eigenvalue weighted by Crippen LogP contribution is 2.45. The number of fused-ring (bicyclic) bond motifs is 6. The van der Waals surface area contributed by atoms with E-state index in [1.807, 2.05) is 42.5 Å². The highest BCUT2D eigenvalue weighted by atomic mass is 19.4. The van der Waals surface area contributed by atoms with Crippen molar-refractivity contribution in [2.24, 2.45) is 0 Å². The summed E-state index contributed by atoms with van der Waals surface area (Å²) in [5.41, 5.74) is 5.37. The molecular formula is C47H37F3N4. The first-order valence-corrected chi connectivity index (χ1v) is 17.9. The Bertz CT molecular complexity index is 2910. The first-order valence-electron chi connectivity index (χ1n) is 17.9.